The highest BCUT2D eigenvalue weighted by Crippen LogP contribution is 2.32. The minimum Gasteiger partial charge on any atom is -0.470 e. The molecule has 1 aromatic carbocycles. The first-order chi connectivity index (χ1) is 10.6. The van der Waals surface area contributed by atoms with E-state index in [1.807, 2.05) is 12.1 Å². The van der Waals surface area contributed by atoms with Gasteiger partial charge in [0.05, 0.1) is 21.8 Å². The van der Waals surface area contributed by atoms with E-state index in [1.165, 1.54) is 31.0 Å². The lowest BCUT2D eigenvalue weighted by Gasteiger charge is -2.33. The Balaban J connectivity index is 1.70. The molecular formula is C15H17Cl2N3OS. The Morgan fingerprint density at radius 2 is 2.14 bits per heavy atom. The average molecular weight is 358 g/mol. The second-order valence-electron chi connectivity index (χ2n) is 5.47. The highest BCUT2D eigenvalue weighted by atomic mass is 35.5. The summed E-state index contributed by atoms with van der Waals surface area (Å²) in [5.41, 5.74) is 0.958. The van der Waals surface area contributed by atoms with Gasteiger partial charge in [-0.1, -0.05) is 29.3 Å². The Morgan fingerprint density at radius 1 is 1.27 bits per heavy atom. The van der Waals surface area contributed by atoms with Gasteiger partial charge in [-0.15, -0.1) is 4.37 Å². The van der Waals surface area contributed by atoms with Crippen molar-refractivity contribution in [2.24, 2.45) is 0 Å². The van der Waals surface area contributed by atoms with Crippen LogP contribution in [0.25, 0.3) is 0 Å². The highest BCUT2D eigenvalue weighted by molar-refractivity contribution is 6.99. The number of halogens is 2. The number of ether oxygens (including phenoxy) is 1. The fraction of sp³-hybridized carbons (Fsp3) is 0.467. The molecule has 22 heavy (non-hydrogen) atoms. The first kappa shape index (κ1) is 15.8. The van der Waals surface area contributed by atoms with Gasteiger partial charge in [0, 0.05) is 12.6 Å². The van der Waals surface area contributed by atoms with Gasteiger partial charge in [0.1, 0.15) is 6.61 Å². The number of rotatable bonds is 4. The van der Waals surface area contributed by atoms with Crippen molar-refractivity contribution in [2.45, 2.75) is 38.8 Å². The fourth-order valence-corrected chi connectivity index (χ4v) is 3.47. The van der Waals surface area contributed by atoms with Crippen LogP contribution in [0.5, 0.6) is 5.88 Å². The Labute approximate surface area is 144 Å². The standard InChI is InChI=1S/C15H17Cl2N3OS/c1-10-4-2-3-7-20(10)14-15(19-22-18-14)21-9-11-5-6-12(16)13(17)8-11/h5-6,8,10H,2-4,7,9H2,1H3. The van der Waals surface area contributed by atoms with Crippen molar-refractivity contribution in [1.82, 2.24) is 8.75 Å². The lowest BCUT2D eigenvalue weighted by molar-refractivity contribution is 0.295. The number of anilines is 1. The van der Waals surface area contributed by atoms with Gasteiger partial charge in [-0.25, -0.2) is 0 Å². The zero-order valence-electron chi connectivity index (χ0n) is 12.3. The van der Waals surface area contributed by atoms with Crippen molar-refractivity contribution in [1.29, 1.82) is 0 Å². The molecule has 3 rings (SSSR count). The molecule has 1 saturated heterocycles. The molecule has 1 aromatic heterocycles. The molecule has 0 radical (unpaired) electrons. The van der Waals surface area contributed by atoms with Crippen LogP contribution >= 0.6 is 34.9 Å². The number of aromatic nitrogens is 2. The molecule has 2 heterocycles. The Kier molecular flexibility index (Phi) is 5.06. The molecule has 2 aromatic rings. The van der Waals surface area contributed by atoms with E-state index in [9.17, 15) is 0 Å². The molecule has 0 amide bonds. The number of piperidine rings is 1. The summed E-state index contributed by atoms with van der Waals surface area (Å²) in [6, 6.07) is 5.96. The van der Waals surface area contributed by atoms with Crippen LogP contribution in [0.15, 0.2) is 18.2 Å². The van der Waals surface area contributed by atoms with Gasteiger partial charge >= 0.3 is 0 Å². The molecule has 0 aliphatic carbocycles. The van der Waals surface area contributed by atoms with E-state index in [4.69, 9.17) is 27.9 Å². The van der Waals surface area contributed by atoms with Gasteiger partial charge in [0.2, 0.25) is 5.82 Å². The maximum absolute atomic E-state index is 6.02. The van der Waals surface area contributed by atoms with E-state index in [2.05, 4.69) is 20.6 Å². The van der Waals surface area contributed by atoms with Gasteiger partial charge in [-0.05, 0) is 43.9 Å². The summed E-state index contributed by atoms with van der Waals surface area (Å²) >= 11 is 13.1. The van der Waals surface area contributed by atoms with Crippen molar-refractivity contribution in [3.8, 4) is 5.88 Å². The largest absolute Gasteiger partial charge is 0.470 e. The molecule has 4 nitrogen and oxygen atoms in total. The van der Waals surface area contributed by atoms with Gasteiger partial charge in [-0.3, -0.25) is 0 Å². The summed E-state index contributed by atoms with van der Waals surface area (Å²) in [5.74, 6) is 1.46. The number of benzene rings is 1. The molecule has 1 atom stereocenters. The van der Waals surface area contributed by atoms with Gasteiger partial charge in [0.25, 0.3) is 5.88 Å². The van der Waals surface area contributed by atoms with Gasteiger partial charge < -0.3 is 9.64 Å². The van der Waals surface area contributed by atoms with Crippen molar-refractivity contribution >= 4 is 40.7 Å². The quantitative estimate of drug-likeness (QED) is 0.787. The van der Waals surface area contributed by atoms with Crippen molar-refractivity contribution in [2.75, 3.05) is 11.4 Å². The molecule has 1 fully saturated rings. The summed E-state index contributed by atoms with van der Waals surface area (Å²) in [7, 11) is 0. The number of hydrogen-bond donors (Lipinski definition) is 0. The summed E-state index contributed by atoms with van der Waals surface area (Å²) in [6.07, 6.45) is 3.65. The van der Waals surface area contributed by atoms with E-state index in [0.717, 1.165) is 17.9 Å². The van der Waals surface area contributed by atoms with Gasteiger partial charge in [0.15, 0.2) is 0 Å². The summed E-state index contributed by atoms with van der Waals surface area (Å²) < 4.78 is 14.6. The van der Waals surface area contributed by atoms with Crippen LogP contribution in [0, 0.1) is 0 Å². The first-order valence-corrected chi connectivity index (χ1v) is 8.79. The Morgan fingerprint density at radius 3 is 2.91 bits per heavy atom. The molecule has 1 aliphatic heterocycles. The second-order valence-corrected chi connectivity index (χ2v) is 6.81. The van der Waals surface area contributed by atoms with E-state index in [1.54, 1.807) is 6.07 Å². The molecule has 0 N–H and O–H groups in total. The van der Waals surface area contributed by atoms with Crippen LogP contribution < -0.4 is 9.64 Å². The molecule has 1 aliphatic rings. The molecule has 7 heteroatoms. The lowest BCUT2D eigenvalue weighted by Crippen LogP contribution is -2.37. The second kappa shape index (κ2) is 7.02. The summed E-state index contributed by atoms with van der Waals surface area (Å²) in [5, 5.41) is 1.08. The Hall–Kier alpha value is -1.04. The summed E-state index contributed by atoms with van der Waals surface area (Å²) in [6.45, 7) is 3.63. The van der Waals surface area contributed by atoms with E-state index in [-0.39, 0.29) is 0 Å². The van der Waals surface area contributed by atoms with Gasteiger partial charge in [-0.2, -0.15) is 4.37 Å². The van der Waals surface area contributed by atoms with Crippen LogP contribution in [-0.4, -0.2) is 21.3 Å². The minimum atomic E-state index is 0.400. The fourth-order valence-electron chi connectivity index (χ4n) is 2.64. The maximum Gasteiger partial charge on any atom is 0.271 e. The van der Waals surface area contributed by atoms with Crippen LogP contribution in [0.3, 0.4) is 0 Å². The van der Waals surface area contributed by atoms with Crippen molar-refractivity contribution in [3.05, 3.63) is 33.8 Å². The highest BCUT2D eigenvalue weighted by Gasteiger charge is 2.24. The summed E-state index contributed by atoms with van der Waals surface area (Å²) in [4.78, 5) is 2.29. The predicted molar refractivity (Wildman–Crippen MR) is 91.4 cm³/mol. The molecule has 118 valence electrons. The van der Waals surface area contributed by atoms with Crippen LogP contribution in [0.1, 0.15) is 31.7 Å². The third-order valence-electron chi connectivity index (χ3n) is 3.88. The van der Waals surface area contributed by atoms with Crippen molar-refractivity contribution in [3.63, 3.8) is 0 Å². The number of hydrogen-bond acceptors (Lipinski definition) is 5. The van der Waals surface area contributed by atoms with Crippen LogP contribution in [0.4, 0.5) is 5.82 Å². The molecule has 0 saturated carbocycles. The SMILES string of the molecule is CC1CCCCN1c1nsnc1OCc1ccc(Cl)c(Cl)c1. The monoisotopic (exact) mass is 357 g/mol. The number of nitrogens with zero attached hydrogens (tertiary/aromatic N) is 3. The van der Waals surface area contributed by atoms with E-state index >= 15 is 0 Å². The molecular weight excluding hydrogens is 341 g/mol. The maximum atomic E-state index is 6.02. The Bertz CT molecular complexity index is 649. The van der Waals surface area contributed by atoms with Crippen molar-refractivity contribution < 1.29 is 4.74 Å². The smallest absolute Gasteiger partial charge is 0.271 e. The van der Waals surface area contributed by atoms with Crippen LogP contribution in [-0.2, 0) is 6.61 Å². The molecule has 1 unspecified atom stereocenters. The van der Waals surface area contributed by atoms with Crippen LogP contribution in [0.2, 0.25) is 10.0 Å². The first-order valence-electron chi connectivity index (χ1n) is 7.31. The topological polar surface area (TPSA) is 38.2 Å². The third-order valence-corrected chi connectivity index (χ3v) is 5.12. The zero-order valence-corrected chi connectivity index (χ0v) is 14.6. The third kappa shape index (κ3) is 3.47. The van der Waals surface area contributed by atoms with E-state index in [0.29, 0.717) is 28.6 Å². The zero-order chi connectivity index (χ0) is 15.5. The normalized spacial score (nSPS) is 18.5. The average Bonchev–Trinajstić information content (AvgIpc) is 2.97. The minimum absolute atomic E-state index is 0.400. The molecule has 0 bridgehead atoms. The molecule has 0 spiro atoms. The predicted octanol–water partition coefficient (Wildman–Crippen LogP) is 4.80. The lowest BCUT2D eigenvalue weighted by atomic mass is 10.0. The van der Waals surface area contributed by atoms with E-state index < -0.39 is 0 Å².